The van der Waals surface area contributed by atoms with Crippen molar-refractivity contribution in [3.05, 3.63) is 90.0 Å². The van der Waals surface area contributed by atoms with Crippen molar-refractivity contribution >= 4 is 28.9 Å². The first kappa shape index (κ1) is 30.8. The van der Waals surface area contributed by atoms with Crippen LogP contribution in [0.1, 0.15) is 60.5 Å². The number of nitrogens with two attached hydrogens (primary N) is 1. The number of rotatable bonds is 7. The molecule has 5 rings (SSSR count). The van der Waals surface area contributed by atoms with Gasteiger partial charge in [-0.2, -0.15) is 0 Å². The largest absolute Gasteiger partial charge is 0.478 e. The highest BCUT2D eigenvalue weighted by atomic mass is 16.5. The summed E-state index contributed by atoms with van der Waals surface area (Å²) in [5, 5.41) is 9.54. The third-order valence-electron chi connectivity index (χ3n) is 8.06. The van der Waals surface area contributed by atoms with Crippen LogP contribution >= 0.6 is 0 Å². The number of nitrogen functional groups attached to an aromatic ring is 1. The van der Waals surface area contributed by atoms with E-state index in [9.17, 15) is 14.7 Å². The topological polar surface area (TPSA) is 96.1 Å². The molecule has 0 aromatic heterocycles. The van der Waals surface area contributed by atoms with E-state index in [-0.39, 0.29) is 18.0 Å². The van der Waals surface area contributed by atoms with Crippen molar-refractivity contribution in [1.82, 2.24) is 4.90 Å². The van der Waals surface area contributed by atoms with Crippen LogP contribution in [0.4, 0.5) is 11.4 Å². The van der Waals surface area contributed by atoms with Crippen LogP contribution in [0.5, 0.6) is 0 Å². The Bertz CT molecular complexity index is 1370. The molecule has 1 saturated heterocycles. The Morgan fingerprint density at radius 2 is 1.62 bits per heavy atom. The van der Waals surface area contributed by atoms with Crippen LogP contribution in [0.15, 0.2) is 73.3 Å². The molecule has 1 aliphatic carbocycles. The van der Waals surface area contributed by atoms with E-state index >= 15 is 0 Å². The van der Waals surface area contributed by atoms with E-state index in [0.29, 0.717) is 43.4 Å². The maximum Gasteiger partial charge on any atom is 0.335 e. The highest BCUT2D eigenvalue weighted by Crippen LogP contribution is 2.31. The highest BCUT2D eigenvalue weighted by Gasteiger charge is 2.24. The standard InChI is InChI=1S/C28H29N3O4.C7H14/c1-19-6-7-24(28(33)34)17-26(19)31(18-27(32)30-12-14-35-15-13-30)20(2)21-8-10-22(11-9-21)23-4-3-5-25(29)16-23;1-7-5-3-2-4-6-7/h3-11,16-17H,2,12-15,18,29H2,1H3,(H,33,34);7H,2-6H2,1H3. The molecule has 0 bridgehead atoms. The molecule has 2 fully saturated rings. The summed E-state index contributed by atoms with van der Waals surface area (Å²) in [5.41, 5.74) is 11.7. The Kier molecular flexibility index (Phi) is 10.8. The van der Waals surface area contributed by atoms with Crippen molar-refractivity contribution in [2.24, 2.45) is 5.92 Å². The predicted molar refractivity (Wildman–Crippen MR) is 170 cm³/mol. The molecule has 7 heteroatoms. The molecule has 3 aromatic carbocycles. The third-order valence-corrected chi connectivity index (χ3v) is 8.06. The zero-order valence-corrected chi connectivity index (χ0v) is 24.9. The molecule has 1 aliphatic heterocycles. The van der Waals surface area contributed by atoms with E-state index < -0.39 is 5.97 Å². The zero-order valence-electron chi connectivity index (χ0n) is 24.9. The number of benzene rings is 3. The molecule has 0 atom stereocenters. The lowest BCUT2D eigenvalue weighted by Gasteiger charge is -2.33. The van der Waals surface area contributed by atoms with Crippen molar-refractivity contribution in [2.75, 3.05) is 43.5 Å². The van der Waals surface area contributed by atoms with E-state index in [4.69, 9.17) is 10.5 Å². The number of hydrogen-bond donors (Lipinski definition) is 2. The quantitative estimate of drug-likeness (QED) is 0.302. The minimum absolute atomic E-state index is 0.0414. The molecule has 222 valence electrons. The fraction of sp³-hybridized carbons (Fsp3) is 0.371. The molecular formula is C35H43N3O4. The van der Waals surface area contributed by atoms with E-state index in [2.05, 4.69) is 13.5 Å². The molecule has 1 amide bonds. The minimum Gasteiger partial charge on any atom is -0.478 e. The van der Waals surface area contributed by atoms with Crippen LogP contribution in [0.3, 0.4) is 0 Å². The van der Waals surface area contributed by atoms with Gasteiger partial charge in [-0.3, -0.25) is 4.79 Å². The molecule has 1 heterocycles. The van der Waals surface area contributed by atoms with Crippen molar-refractivity contribution in [3.63, 3.8) is 0 Å². The maximum absolute atomic E-state index is 13.2. The lowest BCUT2D eigenvalue weighted by Crippen LogP contribution is -2.45. The number of carboxylic acid groups (broad SMARTS) is 1. The third kappa shape index (κ3) is 8.23. The molecule has 0 unspecified atom stereocenters. The summed E-state index contributed by atoms with van der Waals surface area (Å²) in [7, 11) is 0. The van der Waals surface area contributed by atoms with Gasteiger partial charge in [-0.1, -0.05) is 88.1 Å². The number of carboxylic acids is 1. The molecular weight excluding hydrogens is 526 g/mol. The van der Waals surface area contributed by atoms with Crippen LogP contribution in [0.2, 0.25) is 0 Å². The molecule has 42 heavy (non-hydrogen) atoms. The molecule has 7 nitrogen and oxygen atoms in total. The first-order valence-electron chi connectivity index (χ1n) is 14.8. The summed E-state index contributed by atoms with van der Waals surface area (Å²) in [5.74, 6) is -0.0532. The van der Waals surface area contributed by atoms with Gasteiger partial charge in [0.25, 0.3) is 0 Å². The Balaban J connectivity index is 0.000000507. The number of nitrogens with zero attached hydrogens (tertiary/aromatic N) is 2. The summed E-state index contributed by atoms with van der Waals surface area (Å²) >= 11 is 0. The second-order valence-corrected chi connectivity index (χ2v) is 11.3. The second kappa shape index (κ2) is 14.7. The molecule has 0 radical (unpaired) electrons. The fourth-order valence-corrected chi connectivity index (χ4v) is 5.44. The summed E-state index contributed by atoms with van der Waals surface area (Å²) < 4.78 is 5.37. The van der Waals surface area contributed by atoms with Crippen molar-refractivity contribution in [3.8, 4) is 11.1 Å². The molecule has 0 spiro atoms. The van der Waals surface area contributed by atoms with Gasteiger partial charge in [0.15, 0.2) is 0 Å². The molecule has 1 saturated carbocycles. The first-order chi connectivity index (χ1) is 20.2. The van der Waals surface area contributed by atoms with E-state index in [1.807, 2.05) is 55.5 Å². The summed E-state index contributed by atoms with van der Waals surface area (Å²) in [6.45, 7) is 10.7. The number of hydrogen-bond acceptors (Lipinski definition) is 5. The lowest BCUT2D eigenvalue weighted by molar-refractivity contribution is -0.133. The lowest BCUT2D eigenvalue weighted by atomic mass is 9.91. The van der Waals surface area contributed by atoms with Gasteiger partial charge in [0, 0.05) is 30.2 Å². The second-order valence-electron chi connectivity index (χ2n) is 11.3. The number of morpholine rings is 1. The Labute approximate surface area is 249 Å². The molecule has 3 aromatic rings. The van der Waals surface area contributed by atoms with Gasteiger partial charge in [-0.25, -0.2) is 4.79 Å². The van der Waals surface area contributed by atoms with Gasteiger partial charge in [-0.05, 0) is 59.4 Å². The number of aryl methyl sites for hydroxylation is 1. The maximum atomic E-state index is 13.2. The number of carbonyl (C=O) groups excluding carboxylic acids is 1. The van der Waals surface area contributed by atoms with Gasteiger partial charge < -0.3 is 25.4 Å². The van der Waals surface area contributed by atoms with Crippen LogP contribution in [0, 0.1) is 12.8 Å². The molecule has 3 N–H and O–H groups in total. The predicted octanol–water partition coefficient (Wildman–Crippen LogP) is 6.87. The SMILES string of the molecule is C=C(c1ccc(-c2cccc(N)c2)cc1)N(CC(=O)N1CCOCC1)c1cc(C(=O)O)ccc1C.CC1CCCCC1. The van der Waals surface area contributed by atoms with E-state index in [0.717, 1.165) is 28.2 Å². The van der Waals surface area contributed by atoms with Gasteiger partial charge >= 0.3 is 5.97 Å². The van der Waals surface area contributed by atoms with Crippen molar-refractivity contribution in [2.45, 2.75) is 46.0 Å². The average Bonchev–Trinajstić information content (AvgIpc) is 3.01. The van der Waals surface area contributed by atoms with Gasteiger partial charge in [0.1, 0.15) is 6.54 Å². The molecule has 2 aliphatic rings. The number of amides is 1. The Morgan fingerprint density at radius 1 is 0.952 bits per heavy atom. The van der Waals surface area contributed by atoms with Gasteiger partial charge in [0.2, 0.25) is 5.91 Å². The monoisotopic (exact) mass is 569 g/mol. The Hall–Kier alpha value is -4.10. The number of aromatic carboxylic acids is 1. The van der Waals surface area contributed by atoms with E-state index in [1.54, 1.807) is 28.0 Å². The van der Waals surface area contributed by atoms with Crippen molar-refractivity contribution < 1.29 is 19.4 Å². The van der Waals surface area contributed by atoms with Crippen LogP contribution < -0.4 is 10.6 Å². The fourth-order valence-electron chi connectivity index (χ4n) is 5.44. The normalized spacial score (nSPS) is 15.3. The number of anilines is 2. The van der Waals surface area contributed by atoms with Gasteiger partial charge in [0.05, 0.1) is 18.8 Å². The smallest absolute Gasteiger partial charge is 0.335 e. The number of carbonyl (C=O) groups is 2. The summed E-state index contributed by atoms with van der Waals surface area (Å²) in [6.07, 6.45) is 7.44. The number of ether oxygens (including phenoxy) is 1. The van der Waals surface area contributed by atoms with Crippen molar-refractivity contribution in [1.29, 1.82) is 0 Å². The van der Waals surface area contributed by atoms with Crippen LogP contribution in [-0.4, -0.2) is 54.7 Å². The Morgan fingerprint density at radius 3 is 2.21 bits per heavy atom. The summed E-state index contributed by atoms with van der Waals surface area (Å²) in [4.78, 5) is 28.4. The zero-order chi connectivity index (χ0) is 30.1. The average molecular weight is 570 g/mol. The summed E-state index contributed by atoms with van der Waals surface area (Å²) in [6, 6.07) is 20.4. The highest BCUT2D eigenvalue weighted by molar-refractivity contribution is 5.93. The van der Waals surface area contributed by atoms with Crippen LogP contribution in [-0.2, 0) is 9.53 Å². The first-order valence-corrected chi connectivity index (χ1v) is 14.8. The minimum atomic E-state index is -1.03. The van der Waals surface area contributed by atoms with E-state index in [1.165, 1.54) is 32.1 Å². The van der Waals surface area contributed by atoms with Crippen LogP contribution in [0.25, 0.3) is 16.8 Å². The van der Waals surface area contributed by atoms with Gasteiger partial charge in [-0.15, -0.1) is 0 Å².